The Bertz CT molecular complexity index is 1660. The summed E-state index contributed by atoms with van der Waals surface area (Å²) in [5, 5.41) is 13.2. The fourth-order valence-corrected chi connectivity index (χ4v) is 6.77. The van der Waals surface area contributed by atoms with Gasteiger partial charge >= 0.3 is 0 Å². The number of hydrogen-bond acceptors (Lipinski definition) is 6. The van der Waals surface area contributed by atoms with Gasteiger partial charge in [0.1, 0.15) is 0 Å². The fraction of sp³-hybridized carbons (Fsp3) is 0.281. The molecule has 5 rings (SSSR count). The maximum absolute atomic E-state index is 14.0. The quantitative estimate of drug-likeness (QED) is 0.259. The van der Waals surface area contributed by atoms with Crippen molar-refractivity contribution in [3.63, 3.8) is 0 Å². The van der Waals surface area contributed by atoms with Crippen LogP contribution in [0.2, 0.25) is 0 Å². The molecule has 222 valence electrons. The predicted octanol–water partition coefficient (Wildman–Crippen LogP) is 4.61. The van der Waals surface area contributed by atoms with Gasteiger partial charge in [-0.15, -0.1) is 0 Å². The van der Waals surface area contributed by atoms with Gasteiger partial charge in [0.05, 0.1) is 40.8 Å². The number of anilines is 2. The Morgan fingerprint density at radius 3 is 2.35 bits per heavy atom. The average molecular weight is 614 g/mol. The van der Waals surface area contributed by atoms with Crippen LogP contribution >= 0.6 is 12.2 Å². The summed E-state index contributed by atoms with van der Waals surface area (Å²) in [6, 6.07) is 25.7. The molecule has 0 spiro atoms. The number of benzene rings is 3. The van der Waals surface area contributed by atoms with E-state index in [-0.39, 0.29) is 11.4 Å². The number of nitrogens with zero attached hydrogens (tertiary/aromatic N) is 6. The molecular formula is C32H35N7O2S2. The molecule has 0 unspecified atom stereocenters. The van der Waals surface area contributed by atoms with E-state index in [0.717, 1.165) is 61.2 Å². The number of aromatic nitrogens is 2. The smallest absolute Gasteiger partial charge is 0.264 e. The first-order valence-corrected chi connectivity index (χ1v) is 16.2. The maximum Gasteiger partial charge on any atom is 0.264 e. The van der Waals surface area contributed by atoms with Gasteiger partial charge in [-0.25, -0.2) is 13.4 Å². The summed E-state index contributed by atoms with van der Waals surface area (Å²) in [7, 11) is -3.88. The highest BCUT2D eigenvalue weighted by Gasteiger charge is 2.27. The second-order valence-corrected chi connectivity index (χ2v) is 12.6. The van der Waals surface area contributed by atoms with Crippen molar-refractivity contribution in [3.8, 4) is 6.07 Å². The van der Waals surface area contributed by atoms with Crippen molar-refractivity contribution in [1.29, 1.82) is 5.26 Å². The monoisotopic (exact) mass is 613 g/mol. The number of rotatable bonds is 10. The van der Waals surface area contributed by atoms with E-state index in [1.807, 2.05) is 41.0 Å². The number of hydrogen-bond donors (Lipinski definition) is 1. The van der Waals surface area contributed by atoms with E-state index in [0.29, 0.717) is 17.8 Å². The number of nitriles is 1. The number of imidazole rings is 1. The van der Waals surface area contributed by atoms with Crippen molar-refractivity contribution in [2.24, 2.45) is 0 Å². The third kappa shape index (κ3) is 7.16. The van der Waals surface area contributed by atoms with Crippen LogP contribution in [0.4, 0.5) is 11.4 Å². The molecule has 1 saturated heterocycles. The Morgan fingerprint density at radius 2 is 1.70 bits per heavy atom. The molecule has 9 nitrogen and oxygen atoms in total. The zero-order valence-corrected chi connectivity index (χ0v) is 25.8. The van der Waals surface area contributed by atoms with E-state index in [4.69, 9.17) is 17.5 Å². The minimum atomic E-state index is -3.88. The van der Waals surface area contributed by atoms with Gasteiger partial charge in [0.25, 0.3) is 10.0 Å². The van der Waals surface area contributed by atoms with Gasteiger partial charge in [0.2, 0.25) is 0 Å². The van der Waals surface area contributed by atoms with Gasteiger partial charge in [0, 0.05) is 51.2 Å². The Morgan fingerprint density at radius 1 is 1.00 bits per heavy atom. The van der Waals surface area contributed by atoms with Crippen molar-refractivity contribution >= 4 is 38.7 Å². The molecule has 1 N–H and O–H groups in total. The molecule has 4 aromatic rings. The standard InChI is InChI=1S/C32H35N7O2S2/c1-2-16-35-32(42)37-19-17-36(18-20-37)28-12-14-29(15-13-28)39(43(40,41)31-6-4-3-5-7-31)24-30-22-34-25-38(30)23-27-10-8-26(21-33)9-11-27/h3-15,22,25H,2,16-20,23-24H2,1H3,(H,35,42). The molecule has 1 aromatic heterocycles. The number of sulfonamides is 1. The molecule has 1 aliphatic heterocycles. The minimum absolute atomic E-state index is 0.105. The molecular weight excluding hydrogens is 579 g/mol. The fourth-order valence-electron chi connectivity index (χ4n) is 5.03. The molecule has 0 atom stereocenters. The lowest BCUT2D eigenvalue weighted by atomic mass is 10.1. The van der Waals surface area contributed by atoms with Crippen molar-refractivity contribution in [3.05, 3.63) is 108 Å². The molecule has 11 heteroatoms. The number of nitrogens with one attached hydrogen (secondary N) is 1. The number of thiocarbonyl (C=S) groups is 1. The molecule has 0 saturated carbocycles. The van der Waals surface area contributed by atoms with E-state index in [9.17, 15) is 8.42 Å². The Hall–Kier alpha value is -4.40. The van der Waals surface area contributed by atoms with Gasteiger partial charge in [-0.2, -0.15) is 5.26 Å². The van der Waals surface area contributed by atoms with E-state index in [1.165, 1.54) is 4.31 Å². The molecule has 3 aromatic carbocycles. The SMILES string of the molecule is CCCNC(=S)N1CCN(c2ccc(N(Cc3cncn3Cc3ccc(C#N)cc3)S(=O)(=O)c3ccccc3)cc2)CC1. The first-order valence-electron chi connectivity index (χ1n) is 14.3. The molecule has 1 fully saturated rings. The highest BCUT2D eigenvalue weighted by molar-refractivity contribution is 7.92. The predicted molar refractivity (Wildman–Crippen MR) is 173 cm³/mol. The highest BCUT2D eigenvalue weighted by Crippen LogP contribution is 2.29. The average Bonchev–Trinajstić information content (AvgIpc) is 3.49. The third-order valence-electron chi connectivity index (χ3n) is 7.47. The summed E-state index contributed by atoms with van der Waals surface area (Å²) in [5.41, 5.74) is 3.94. The lowest BCUT2D eigenvalue weighted by Gasteiger charge is -2.37. The zero-order chi connectivity index (χ0) is 30.2. The summed E-state index contributed by atoms with van der Waals surface area (Å²) >= 11 is 5.53. The summed E-state index contributed by atoms with van der Waals surface area (Å²) < 4.78 is 31.4. The molecule has 43 heavy (non-hydrogen) atoms. The van der Waals surface area contributed by atoms with Crippen LogP contribution in [-0.2, 0) is 23.1 Å². The summed E-state index contributed by atoms with van der Waals surface area (Å²) in [5.74, 6) is 0. The molecule has 0 aliphatic carbocycles. The van der Waals surface area contributed by atoms with Crippen LogP contribution in [0, 0.1) is 11.3 Å². The van der Waals surface area contributed by atoms with Gasteiger partial charge in [0.15, 0.2) is 5.11 Å². The van der Waals surface area contributed by atoms with E-state index >= 15 is 0 Å². The minimum Gasteiger partial charge on any atom is -0.368 e. The Labute approximate surface area is 259 Å². The summed E-state index contributed by atoms with van der Waals surface area (Å²) in [6.07, 6.45) is 4.43. The van der Waals surface area contributed by atoms with Crippen LogP contribution in [0.3, 0.4) is 0 Å². The highest BCUT2D eigenvalue weighted by atomic mass is 32.2. The van der Waals surface area contributed by atoms with Crippen LogP contribution < -0.4 is 14.5 Å². The van der Waals surface area contributed by atoms with E-state index in [2.05, 4.69) is 33.1 Å². The van der Waals surface area contributed by atoms with Crippen molar-refractivity contribution in [2.45, 2.75) is 31.3 Å². The molecule has 0 amide bonds. The van der Waals surface area contributed by atoms with Crippen LogP contribution in [0.5, 0.6) is 0 Å². The van der Waals surface area contributed by atoms with Crippen molar-refractivity contribution < 1.29 is 8.42 Å². The second-order valence-electron chi connectivity index (χ2n) is 10.4. The molecule has 0 radical (unpaired) electrons. The molecule has 0 bridgehead atoms. The van der Waals surface area contributed by atoms with Gasteiger partial charge in [-0.05, 0) is 72.7 Å². The lowest BCUT2D eigenvalue weighted by Crippen LogP contribution is -2.51. The van der Waals surface area contributed by atoms with Crippen LogP contribution in [-0.4, -0.2) is 60.7 Å². The third-order valence-corrected chi connectivity index (χ3v) is 9.66. The Kier molecular flexibility index (Phi) is 9.59. The largest absolute Gasteiger partial charge is 0.368 e. The first-order chi connectivity index (χ1) is 20.9. The van der Waals surface area contributed by atoms with Gasteiger partial charge < -0.3 is 19.7 Å². The Balaban J connectivity index is 1.37. The van der Waals surface area contributed by atoms with Crippen molar-refractivity contribution in [1.82, 2.24) is 19.8 Å². The van der Waals surface area contributed by atoms with E-state index < -0.39 is 10.0 Å². The number of piperazine rings is 1. The van der Waals surface area contributed by atoms with Crippen molar-refractivity contribution in [2.75, 3.05) is 41.9 Å². The maximum atomic E-state index is 14.0. The molecule has 1 aliphatic rings. The summed E-state index contributed by atoms with van der Waals surface area (Å²) in [6.45, 7) is 6.91. The van der Waals surface area contributed by atoms with Crippen LogP contribution in [0.15, 0.2) is 96.3 Å². The normalized spacial score (nSPS) is 13.4. The lowest BCUT2D eigenvalue weighted by molar-refractivity contribution is 0.380. The van der Waals surface area contributed by atoms with Gasteiger partial charge in [-0.3, -0.25) is 4.31 Å². The molecule has 2 heterocycles. The van der Waals surface area contributed by atoms with E-state index in [1.54, 1.807) is 55.0 Å². The topological polar surface area (TPSA) is 97.5 Å². The van der Waals surface area contributed by atoms with Crippen LogP contribution in [0.25, 0.3) is 0 Å². The second kappa shape index (κ2) is 13.7. The zero-order valence-electron chi connectivity index (χ0n) is 24.1. The first kappa shape index (κ1) is 30.1. The summed E-state index contributed by atoms with van der Waals surface area (Å²) in [4.78, 5) is 9.05. The van der Waals surface area contributed by atoms with Crippen LogP contribution in [0.1, 0.15) is 30.2 Å². The van der Waals surface area contributed by atoms with Gasteiger partial charge in [-0.1, -0.05) is 37.3 Å².